The first kappa shape index (κ1) is 14.6. The van der Waals surface area contributed by atoms with Crippen molar-refractivity contribution < 1.29 is 9.53 Å². The molecule has 0 aliphatic heterocycles. The Bertz CT molecular complexity index is 187. The number of carbonyl (C=O) groups is 1. The van der Waals surface area contributed by atoms with E-state index < -0.39 is 26.5 Å². The molecule has 0 N–H and O–H groups in total. The topological polar surface area (TPSA) is 26.3 Å². The summed E-state index contributed by atoms with van der Waals surface area (Å²) in [5, 5.41) is 0. The van der Waals surface area contributed by atoms with Gasteiger partial charge in [-0.2, -0.15) is 0 Å². The summed E-state index contributed by atoms with van der Waals surface area (Å²) in [6.07, 6.45) is 0. The molecule has 0 aromatic heterocycles. The van der Waals surface area contributed by atoms with E-state index in [2.05, 4.69) is 34.5 Å². The van der Waals surface area contributed by atoms with Gasteiger partial charge in [-0.15, -0.1) is 0 Å². The minimum atomic E-state index is -1.92. The van der Waals surface area contributed by atoms with Crippen LogP contribution in [0, 0.1) is 0 Å². The molecular weight excluding hydrogens is 297 g/mol. The third-order valence-corrected chi connectivity index (χ3v) is 29.4. The zero-order chi connectivity index (χ0) is 11.6. The third-order valence-electron chi connectivity index (χ3n) is 2.25. The van der Waals surface area contributed by atoms with Gasteiger partial charge in [0.05, 0.1) is 0 Å². The predicted molar refractivity (Wildman–Crippen MR) is 67.1 cm³/mol. The Morgan fingerprint density at radius 3 is 1.64 bits per heavy atom. The van der Waals surface area contributed by atoms with Crippen LogP contribution in [0.5, 0.6) is 0 Å². The Morgan fingerprint density at radius 2 is 1.43 bits per heavy atom. The van der Waals surface area contributed by atoms with E-state index in [0.717, 1.165) is 0 Å². The van der Waals surface area contributed by atoms with Crippen LogP contribution in [0.1, 0.15) is 6.92 Å². The normalized spacial score (nSPS) is 13.1. The molecule has 0 radical (unpaired) electrons. The Hall–Kier alpha value is 0.556. The molecule has 0 aliphatic rings. The molecule has 4 heteroatoms. The van der Waals surface area contributed by atoms with E-state index in [9.17, 15) is 4.79 Å². The first-order valence-corrected chi connectivity index (χ1v) is 20.3. The van der Waals surface area contributed by atoms with Gasteiger partial charge in [-0.05, 0) is 0 Å². The number of carbonyl (C=O) groups excluding carboxylic acids is 1. The predicted octanol–water partition coefficient (Wildman–Crippen LogP) is 3.14. The molecule has 0 saturated heterocycles. The van der Waals surface area contributed by atoms with E-state index in [0.29, 0.717) is 10.2 Å². The first-order chi connectivity index (χ1) is 6.10. The van der Waals surface area contributed by atoms with Crippen LogP contribution >= 0.6 is 0 Å². The van der Waals surface area contributed by atoms with Crippen LogP contribution in [0.4, 0.5) is 0 Å². The maximum absolute atomic E-state index is 11.9. The number of rotatable bonds is 4. The molecule has 0 saturated carbocycles. The monoisotopic (exact) mass is 324 g/mol. The van der Waals surface area contributed by atoms with E-state index in [1.54, 1.807) is 0 Å². The fraction of sp³-hybridized carbons (Fsp3) is 0.900. The van der Waals surface area contributed by atoms with Gasteiger partial charge < -0.3 is 0 Å². The summed E-state index contributed by atoms with van der Waals surface area (Å²) in [5.41, 5.74) is 0. The van der Waals surface area contributed by atoms with E-state index >= 15 is 0 Å². The summed E-state index contributed by atoms with van der Waals surface area (Å²) in [6.45, 7) is 2.41. The van der Waals surface area contributed by atoms with Gasteiger partial charge in [0.1, 0.15) is 0 Å². The summed E-state index contributed by atoms with van der Waals surface area (Å²) in [7, 11) is 0. The molecule has 14 heavy (non-hydrogen) atoms. The average molecular weight is 322 g/mol. The molecule has 0 heterocycles. The summed E-state index contributed by atoms with van der Waals surface area (Å²) < 4.78 is 5.53. The molecule has 0 aromatic rings. The van der Waals surface area contributed by atoms with Gasteiger partial charge in [0.15, 0.2) is 0 Å². The molecule has 0 amide bonds. The van der Waals surface area contributed by atoms with Crippen molar-refractivity contribution in [3.63, 3.8) is 0 Å². The van der Waals surface area contributed by atoms with Crippen molar-refractivity contribution in [2.75, 3.05) is 6.61 Å². The van der Waals surface area contributed by atoms with E-state index in [1.165, 1.54) is 0 Å². The number of hydrogen-bond acceptors (Lipinski definition) is 2. The fourth-order valence-corrected chi connectivity index (χ4v) is 39.3. The number of hydrogen-bond donors (Lipinski definition) is 0. The quantitative estimate of drug-likeness (QED) is 0.587. The van der Waals surface area contributed by atoms with Crippen molar-refractivity contribution in [1.82, 2.24) is 0 Å². The van der Waals surface area contributed by atoms with Gasteiger partial charge in [-0.3, -0.25) is 0 Å². The summed E-state index contributed by atoms with van der Waals surface area (Å²) >= 11 is -3.84. The molecule has 0 bridgehead atoms. The van der Waals surface area contributed by atoms with Gasteiger partial charge in [-0.1, -0.05) is 0 Å². The molecular formula is C10H24Ge2O2. The van der Waals surface area contributed by atoms with Crippen molar-refractivity contribution in [2.45, 2.75) is 45.0 Å². The van der Waals surface area contributed by atoms with Gasteiger partial charge >= 0.3 is 93.7 Å². The average Bonchev–Trinajstić information content (AvgIpc) is 1.78. The van der Waals surface area contributed by atoms with Crippen molar-refractivity contribution in [3.05, 3.63) is 0 Å². The van der Waals surface area contributed by atoms with Gasteiger partial charge in [0.2, 0.25) is 0 Å². The molecule has 0 spiro atoms. The van der Waals surface area contributed by atoms with E-state index in [1.807, 2.05) is 6.92 Å². The van der Waals surface area contributed by atoms with Crippen molar-refractivity contribution in [3.8, 4) is 0 Å². The van der Waals surface area contributed by atoms with Crippen LogP contribution < -0.4 is 0 Å². The second-order valence-electron chi connectivity index (χ2n) is 5.92. The van der Waals surface area contributed by atoms with Crippen molar-refractivity contribution >= 4 is 32.5 Å². The standard InChI is InChI=1S/C10H24Ge2O2/c1-8-14-10(13)9(11(2,3)4)12(5,6)7/h9H,8H2,1-7H3. The van der Waals surface area contributed by atoms with E-state index in [-0.39, 0.29) is 5.97 Å². The molecule has 2 nitrogen and oxygen atoms in total. The Labute approximate surface area is 93.5 Å². The molecule has 0 rings (SSSR count). The Kier molecular flexibility index (Phi) is 5.26. The second kappa shape index (κ2) is 5.06. The molecule has 84 valence electrons. The number of ether oxygens (including phenoxy) is 1. The van der Waals surface area contributed by atoms with Crippen LogP contribution in [0.2, 0.25) is 38.1 Å². The fourth-order valence-electron chi connectivity index (χ4n) is 2.23. The zero-order valence-electron chi connectivity index (χ0n) is 10.6. The molecule has 0 aliphatic carbocycles. The molecule has 0 aromatic carbocycles. The minimum absolute atomic E-state index is 0.0903. The van der Waals surface area contributed by atoms with Gasteiger partial charge in [0, 0.05) is 0 Å². The van der Waals surface area contributed by atoms with Crippen LogP contribution in [0.15, 0.2) is 0 Å². The Balaban J connectivity index is 4.84. The SMILES string of the molecule is CCOC(=O)[CH]([Ge]([CH3])([CH3])[CH3])[Ge]([CH3])([CH3])[CH3]. The molecule has 0 atom stereocenters. The maximum atomic E-state index is 11.9. The number of esters is 1. The molecule has 0 fully saturated rings. The molecule has 0 unspecified atom stereocenters. The summed E-state index contributed by atoms with van der Waals surface area (Å²) in [6, 6.07) is 0. The van der Waals surface area contributed by atoms with Crippen LogP contribution in [0.25, 0.3) is 0 Å². The van der Waals surface area contributed by atoms with Crippen LogP contribution in [0.3, 0.4) is 0 Å². The first-order valence-electron chi connectivity index (χ1n) is 5.27. The zero-order valence-corrected chi connectivity index (χ0v) is 14.8. The van der Waals surface area contributed by atoms with Crippen LogP contribution in [-0.4, -0.2) is 39.1 Å². The third kappa shape index (κ3) is 4.38. The van der Waals surface area contributed by atoms with Gasteiger partial charge in [-0.25, -0.2) is 0 Å². The van der Waals surface area contributed by atoms with E-state index in [4.69, 9.17) is 4.74 Å². The second-order valence-corrected chi connectivity index (χ2v) is 30.7. The van der Waals surface area contributed by atoms with Crippen LogP contribution in [-0.2, 0) is 9.53 Å². The summed E-state index contributed by atoms with van der Waals surface area (Å²) in [4.78, 5) is 11.9. The van der Waals surface area contributed by atoms with Crippen molar-refractivity contribution in [2.24, 2.45) is 0 Å². The Morgan fingerprint density at radius 1 is 1.07 bits per heavy atom. The van der Waals surface area contributed by atoms with Crippen molar-refractivity contribution in [1.29, 1.82) is 0 Å². The summed E-state index contributed by atoms with van der Waals surface area (Å²) in [5.74, 6) is 14.0. The van der Waals surface area contributed by atoms with Gasteiger partial charge in [0.25, 0.3) is 0 Å².